The predicted octanol–water partition coefficient (Wildman–Crippen LogP) is 7.21. The molecule has 12 heteroatoms. The molecule has 0 saturated heterocycles. The molecule has 4 aromatic rings. The van der Waals surface area contributed by atoms with E-state index >= 15 is 0 Å². The van der Waals surface area contributed by atoms with Crippen LogP contribution in [0.15, 0.2) is 66.7 Å². The van der Waals surface area contributed by atoms with E-state index in [1.807, 2.05) is 25.1 Å². The summed E-state index contributed by atoms with van der Waals surface area (Å²) in [6.07, 6.45) is -0.583. The normalized spacial score (nSPS) is 11.0. The second kappa shape index (κ2) is 13.3. The maximum atomic E-state index is 13.9. The number of rotatable bonds is 11. The van der Waals surface area contributed by atoms with Gasteiger partial charge in [-0.15, -0.1) is 11.3 Å². The summed E-state index contributed by atoms with van der Waals surface area (Å²) >= 11 is 1.17. The number of nitro groups is 1. The van der Waals surface area contributed by atoms with Crippen LogP contribution < -0.4 is 5.32 Å². The van der Waals surface area contributed by atoms with Gasteiger partial charge in [-0.3, -0.25) is 15.4 Å². The minimum atomic E-state index is -1.18. The van der Waals surface area contributed by atoms with E-state index in [0.29, 0.717) is 33.1 Å². The van der Waals surface area contributed by atoms with Crippen molar-refractivity contribution < 1.29 is 33.1 Å². The standard InChI is InChI=1S/C30H27F2N3O6S/c1-34(2)17-18-8-13-22(26(15-18)33-30(38)41-14-4-5-21-24(31)6-3-7-25(21)32)28-23(29(36)37)16-27(42-28)19-9-11-20(12-10-19)35(39)40/h3,6-13,15-16H,4-5,14,17H2,1-2H3,(H,33,38)(H,36,37). The zero-order valence-corrected chi connectivity index (χ0v) is 23.5. The van der Waals surface area contributed by atoms with Crippen LogP contribution in [0.4, 0.5) is 25.0 Å². The molecule has 1 heterocycles. The van der Waals surface area contributed by atoms with Crippen LogP contribution in [0.1, 0.15) is 27.9 Å². The number of nitrogens with one attached hydrogen (secondary N) is 1. The number of halogens is 2. The van der Waals surface area contributed by atoms with Crippen molar-refractivity contribution in [3.8, 4) is 20.9 Å². The lowest BCUT2D eigenvalue weighted by molar-refractivity contribution is -0.384. The number of carboxylic acid groups (broad SMARTS) is 1. The van der Waals surface area contributed by atoms with E-state index in [4.69, 9.17) is 4.74 Å². The molecule has 0 atom stereocenters. The van der Waals surface area contributed by atoms with Gasteiger partial charge in [-0.05, 0) is 74.5 Å². The minimum Gasteiger partial charge on any atom is -0.478 e. The molecule has 1 amide bonds. The summed E-state index contributed by atoms with van der Waals surface area (Å²) in [5.74, 6) is -2.51. The van der Waals surface area contributed by atoms with E-state index < -0.39 is 28.6 Å². The Balaban J connectivity index is 1.59. The van der Waals surface area contributed by atoms with Gasteiger partial charge in [-0.2, -0.15) is 0 Å². The fourth-order valence-electron chi connectivity index (χ4n) is 4.33. The van der Waals surface area contributed by atoms with Crippen LogP contribution in [0, 0.1) is 21.7 Å². The lowest BCUT2D eigenvalue weighted by Gasteiger charge is -2.15. The van der Waals surface area contributed by atoms with E-state index in [2.05, 4.69) is 5.32 Å². The molecule has 0 aliphatic carbocycles. The molecule has 1 aromatic heterocycles. The smallest absolute Gasteiger partial charge is 0.411 e. The van der Waals surface area contributed by atoms with E-state index in [1.165, 1.54) is 35.6 Å². The van der Waals surface area contributed by atoms with Crippen molar-refractivity contribution in [1.82, 2.24) is 4.90 Å². The van der Waals surface area contributed by atoms with Crippen molar-refractivity contribution in [1.29, 1.82) is 0 Å². The summed E-state index contributed by atoms with van der Waals surface area (Å²) in [6.45, 7) is 0.443. The lowest BCUT2D eigenvalue weighted by atomic mass is 10.0. The number of carboxylic acids is 1. The van der Waals surface area contributed by atoms with Gasteiger partial charge in [0, 0.05) is 34.7 Å². The molecule has 2 N–H and O–H groups in total. The highest BCUT2D eigenvalue weighted by Gasteiger charge is 2.22. The maximum absolute atomic E-state index is 13.9. The Kier molecular flexibility index (Phi) is 9.60. The van der Waals surface area contributed by atoms with E-state index in [0.717, 1.165) is 17.7 Å². The Labute approximate surface area is 244 Å². The van der Waals surface area contributed by atoms with Crippen molar-refractivity contribution in [3.05, 3.63) is 105 Å². The van der Waals surface area contributed by atoms with Gasteiger partial charge >= 0.3 is 12.1 Å². The fraction of sp³-hybridized carbons (Fsp3) is 0.200. The molecule has 0 saturated carbocycles. The monoisotopic (exact) mass is 595 g/mol. The first-order valence-corrected chi connectivity index (χ1v) is 13.6. The number of benzene rings is 3. The third-order valence-corrected chi connectivity index (χ3v) is 7.47. The van der Waals surface area contributed by atoms with Gasteiger partial charge < -0.3 is 14.7 Å². The zero-order chi connectivity index (χ0) is 30.4. The lowest BCUT2D eigenvalue weighted by Crippen LogP contribution is -2.16. The van der Waals surface area contributed by atoms with Gasteiger partial charge in [0.05, 0.1) is 27.7 Å². The Morgan fingerprint density at radius 1 is 1.05 bits per heavy atom. The van der Waals surface area contributed by atoms with Gasteiger partial charge in [0.2, 0.25) is 0 Å². The van der Waals surface area contributed by atoms with Crippen LogP contribution in [-0.2, 0) is 17.7 Å². The first kappa shape index (κ1) is 30.3. The third kappa shape index (κ3) is 7.33. The van der Waals surface area contributed by atoms with Crippen LogP contribution in [-0.4, -0.2) is 47.7 Å². The molecule has 42 heavy (non-hydrogen) atoms. The highest BCUT2D eigenvalue weighted by molar-refractivity contribution is 7.19. The Morgan fingerprint density at radius 3 is 2.36 bits per heavy atom. The van der Waals surface area contributed by atoms with Gasteiger partial charge in [0.15, 0.2) is 0 Å². The second-order valence-corrected chi connectivity index (χ2v) is 10.7. The summed E-state index contributed by atoms with van der Waals surface area (Å²) in [4.78, 5) is 38.3. The van der Waals surface area contributed by atoms with Crippen molar-refractivity contribution in [2.75, 3.05) is 26.0 Å². The summed E-state index contributed by atoms with van der Waals surface area (Å²) in [5.41, 5.74) is 2.04. The molecule has 0 spiro atoms. The van der Waals surface area contributed by atoms with E-state index in [-0.39, 0.29) is 36.3 Å². The second-order valence-electron chi connectivity index (χ2n) is 9.64. The molecule has 3 aromatic carbocycles. The summed E-state index contributed by atoms with van der Waals surface area (Å²) in [7, 11) is 3.76. The van der Waals surface area contributed by atoms with Gasteiger partial charge in [0.25, 0.3) is 5.69 Å². The number of ether oxygens (including phenoxy) is 1. The number of anilines is 1. The van der Waals surface area contributed by atoms with Crippen molar-refractivity contribution >= 4 is 34.8 Å². The Bertz CT molecular complexity index is 1600. The molecular weight excluding hydrogens is 568 g/mol. The summed E-state index contributed by atoms with van der Waals surface area (Å²) in [6, 6.07) is 16.1. The average Bonchev–Trinajstić information content (AvgIpc) is 3.38. The third-order valence-electron chi connectivity index (χ3n) is 6.26. The summed E-state index contributed by atoms with van der Waals surface area (Å²) in [5, 5.41) is 23.7. The number of carbonyl (C=O) groups is 2. The molecule has 0 radical (unpaired) electrons. The van der Waals surface area contributed by atoms with Crippen LogP contribution >= 0.6 is 11.3 Å². The van der Waals surface area contributed by atoms with Crippen LogP contribution in [0.2, 0.25) is 0 Å². The quantitative estimate of drug-likeness (QED) is 0.107. The van der Waals surface area contributed by atoms with Crippen LogP contribution in [0.5, 0.6) is 0 Å². The van der Waals surface area contributed by atoms with E-state index in [9.17, 15) is 33.6 Å². The molecule has 4 rings (SSSR count). The molecule has 9 nitrogen and oxygen atoms in total. The average molecular weight is 596 g/mol. The van der Waals surface area contributed by atoms with Crippen molar-refractivity contribution in [2.45, 2.75) is 19.4 Å². The number of amides is 1. The van der Waals surface area contributed by atoms with Gasteiger partial charge in [-0.1, -0.05) is 18.2 Å². The highest BCUT2D eigenvalue weighted by atomic mass is 32.1. The Morgan fingerprint density at radius 2 is 1.74 bits per heavy atom. The topological polar surface area (TPSA) is 122 Å². The fourth-order valence-corrected chi connectivity index (χ4v) is 5.52. The molecule has 0 aliphatic heterocycles. The molecular formula is C30H27F2N3O6S. The van der Waals surface area contributed by atoms with Crippen molar-refractivity contribution in [2.24, 2.45) is 0 Å². The number of nitrogens with zero attached hydrogens (tertiary/aromatic N) is 2. The number of hydrogen-bond acceptors (Lipinski definition) is 7. The number of hydrogen-bond donors (Lipinski definition) is 2. The highest BCUT2D eigenvalue weighted by Crippen LogP contribution is 2.42. The molecule has 0 fully saturated rings. The largest absolute Gasteiger partial charge is 0.478 e. The van der Waals surface area contributed by atoms with E-state index in [1.54, 1.807) is 24.3 Å². The molecule has 0 unspecified atom stereocenters. The van der Waals surface area contributed by atoms with Gasteiger partial charge in [0.1, 0.15) is 11.6 Å². The maximum Gasteiger partial charge on any atom is 0.411 e. The Hall–Kier alpha value is -4.68. The first-order valence-electron chi connectivity index (χ1n) is 12.8. The molecule has 0 bridgehead atoms. The molecule has 0 aliphatic rings. The van der Waals surface area contributed by atoms with Crippen molar-refractivity contribution in [3.63, 3.8) is 0 Å². The minimum absolute atomic E-state index is 0.00274. The molecule has 218 valence electrons. The number of carbonyl (C=O) groups excluding carboxylic acids is 1. The van der Waals surface area contributed by atoms with Crippen LogP contribution in [0.25, 0.3) is 20.9 Å². The zero-order valence-electron chi connectivity index (χ0n) is 22.7. The van der Waals surface area contributed by atoms with Gasteiger partial charge in [-0.25, -0.2) is 18.4 Å². The number of non-ortho nitro benzene ring substituents is 1. The predicted molar refractivity (Wildman–Crippen MR) is 156 cm³/mol. The van der Waals surface area contributed by atoms with Crippen LogP contribution in [0.3, 0.4) is 0 Å². The number of nitro benzene ring substituents is 1. The number of aromatic carboxylic acids is 1. The first-order chi connectivity index (χ1) is 20.0. The number of thiophene rings is 1. The summed E-state index contributed by atoms with van der Waals surface area (Å²) < 4.78 is 33.0. The SMILES string of the molecule is CN(C)Cc1ccc(-c2sc(-c3ccc([N+](=O)[O-])cc3)cc2C(=O)O)c(NC(=O)OCCCc2c(F)cccc2F)c1.